The number of urea groups is 1. The number of hydrazine groups is 1. The maximum absolute atomic E-state index is 15.0. The van der Waals surface area contributed by atoms with E-state index < -0.39 is 93.0 Å². The smallest absolute Gasteiger partial charge is 0.406 e. The number of alkyl halides is 3. The summed E-state index contributed by atoms with van der Waals surface area (Å²) < 4.78 is 95.7. The number of aromatic nitrogens is 3. The zero-order valence-corrected chi connectivity index (χ0v) is 46.0. The van der Waals surface area contributed by atoms with Gasteiger partial charge in [-0.2, -0.15) is 17.6 Å². The second kappa shape index (κ2) is 22.3. The molecule has 4 aliphatic rings. The number of piperazine rings is 1. The van der Waals surface area contributed by atoms with Gasteiger partial charge in [0.2, 0.25) is 20.9 Å². The highest BCUT2D eigenvalue weighted by Gasteiger charge is 2.41. The first kappa shape index (κ1) is 56.5. The van der Waals surface area contributed by atoms with E-state index in [-0.39, 0.29) is 39.1 Å². The number of nitrogens with zero attached hydrogens (tertiary/aromatic N) is 8. The Bertz CT molecular complexity index is 2980. The fraction of sp³-hybridized carbons (Fsp3) is 0.577. The third-order valence-electron chi connectivity index (χ3n) is 14.6. The monoisotopic (exact) mass is 1100 g/mol. The van der Waals surface area contributed by atoms with E-state index in [4.69, 9.17) is 19.4 Å². The number of rotatable bonds is 11. The molecule has 3 fully saturated rings. The summed E-state index contributed by atoms with van der Waals surface area (Å²) in [4.78, 5) is 73.8. The number of methoxy groups -OCH3 is 1. The minimum atomic E-state index is -4.64. The number of benzene rings is 1. The second-order valence-electron chi connectivity index (χ2n) is 21.7. The molecule has 1 aromatic carbocycles. The van der Waals surface area contributed by atoms with Crippen molar-refractivity contribution < 1.29 is 54.6 Å². The molecule has 24 heteroatoms. The quantitative estimate of drug-likeness (QED) is 0.125. The molecule has 3 aromatic heterocycles. The predicted molar refractivity (Wildman–Crippen MR) is 280 cm³/mol. The molecule has 3 saturated heterocycles. The van der Waals surface area contributed by atoms with Crippen LogP contribution in [0.1, 0.15) is 69.8 Å². The Morgan fingerprint density at radius 1 is 1.09 bits per heavy atom. The van der Waals surface area contributed by atoms with Gasteiger partial charge in [0.25, 0.3) is 5.91 Å². The minimum absolute atomic E-state index is 0.0275. The van der Waals surface area contributed by atoms with Crippen molar-refractivity contribution in [3.05, 3.63) is 63.3 Å². The normalized spacial score (nSPS) is 21.3. The third-order valence-corrected chi connectivity index (χ3v) is 16.3. The number of cyclic esters (lactones) is 1. The Labute approximate surface area is 444 Å². The lowest BCUT2D eigenvalue weighted by Gasteiger charge is -2.42. The van der Waals surface area contributed by atoms with Crippen LogP contribution in [0.4, 0.5) is 28.0 Å². The molecular formula is C52H68F4N10O8S2. The van der Waals surface area contributed by atoms with E-state index in [9.17, 15) is 32.0 Å². The highest BCUT2D eigenvalue weighted by Crippen LogP contribution is 2.44. The highest BCUT2D eigenvalue weighted by atomic mass is 32.2. The first-order valence-electron chi connectivity index (χ1n) is 25.5. The molecule has 414 valence electrons. The van der Waals surface area contributed by atoms with Crippen LogP contribution in [0.2, 0.25) is 0 Å². The topological polar surface area (TPSA) is 192 Å². The molecular weight excluding hydrogens is 1030 g/mol. The van der Waals surface area contributed by atoms with Gasteiger partial charge >= 0.3 is 18.2 Å². The summed E-state index contributed by atoms with van der Waals surface area (Å²) in [5.41, 5.74) is 6.18. The lowest BCUT2D eigenvalue weighted by atomic mass is 9.84. The molecule has 6 bridgehead atoms. The molecule has 18 nitrogen and oxygen atoms in total. The van der Waals surface area contributed by atoms with Crippen LogP contribution in [0, 0.1) is 17.3 Å². The molecule has 76 heavy (non-hydrogen) atoms. The van der Waals surface area contributed by atoms with Gasteiger partial charge in [-0.15, -0.1) is 11.3 Å². The molecule has 4 atom stereocenters. The number of anilines is 1. The summed E-state index contributed by atoms with van der Waals surface area (Å²) in [5, 5.41) is 5.66. The summed E-state index contributed by atoms with van der Waals surface area (Å²) in [6.07, 6.45) is -0.987. The van der Waals surface area contributed by atoms with E-state index in [1.54, 1.807) is 44.5 Å². The van der Waals surface area contributed by atoms with Gasteiger partial charge in [-0.1, -0.05) is 33.8 Å². The molecule has 0 saturated carbocycles. The van der Waals surface area contributed by atoms with Crippen LogP contribution >= 0.6 is 11.3 Å². The molecule has 4 amide bonds. The number of carbonyl (C=O) groups is 4. The van der Waals surface area contributed by atoms with Crippen LogP contribution in [0.5, 0.6) is 0 Å². The van der Waals surface area contributed by atoms with Crippen molar-refractivity contribution in [2.75, 3.05) is 84.8 Å². The fourth-order valence-corrected chi connectivity index (χ4v) is 11.8. The number of likely N-dealkylation sites (tertiary alicyclic amines) is 1. The van der Waals surface area contributed by atoms with Crippen molar-refractivity contribution in [2.24, 2.45) is 17.3 Å². The van der Waals surface area contributed by atoms with E-state index in [1.165, 1.54) is 44.9 Å². The summed E-state index contributed by atoms with van der Waals surface area (Å²) >= 11 is 1.23. The van der Waals surface area contributed by atoms with Crippen molar-refractivity contribution in [3.8, 4) is 22.5 Å². The number of likely N-dealkylation sites (N-methyl/N-ethyl adjacent to an activating group) is 2. The third kappa shape index (κ3) is 12.5. The van der Waals surface area contributed by atoms with E-state index in [0.29, 0.717) is 75.6 Å². The van der Waals surface area contributed by atoms with Crippen LogP contribution < -0.4 is 15.6 Å². The summed E-state index contributed by atoms with van der Waals surface area (Å²) in [6.45, 7) is 10.8. The number of esters is 1. The number of thiazole rings is 1. The van der Waals surface area contributed by atoms with Crippen LogP contribution in [0.3, 0.4) is 0 Å². The number of pyridine rings is 1. The Balaban J connectivity index is 1.19. The van der Waals surface area contributed by atoms with Crippen molar-refractivity contribution in [3.63, 3.8) is 0 Å². The van der Waals surface area contributed by atoms with Crippen LogP contribution in [0.15, 0.2) is 47.1 Å². The second-order valence-corrected chi connectivity index (χ2v) is 24.6. The zero-order valence-electron chi connectivity index (χ0n) is 44.4. The molecule has 4 aliphatic heterocycles. The standard InChI is InChI=1S/C52H68F4N10O8S2/c1-30(2)45(62(7)50(70)64-25-32(26-64)19-42(53)76(9,71)72)47(67)59-39-22-43-58-40(27-75-43)33-12-13-41-35(20-33)37(23-51(4,5)29-74-49(69)38-11-10-14-66(60-38)48(39)68)46(65(41)28-52(54,55)56)36-21-34(24-57-44(36)31(3)73-8)63-17-15-61(6)16-18-63/h12-13,19-21,24,27,30-32,38-39,45,60H,10-11,14-18,22-23,25-26,28-29H2,1-9H3,(H,59,67)/b42-19+/t31-,38-,39-,45-/m0/s1. The van der Waals surface area contributed by atoms with Crippen LogP contribution in [-0.4, -0.2) is 171 Å². The zero-order chi connectivity index (χ0) is 55.2. The average molecular weight is 1100 g/mol. The van der Waals surface area contributed by atoms with Crippen molar-refractivity contribution in [2.45, 2.75) is 97.3 Å². The summed E-state index contributed by atoms with van der Waals surface area (Å²) in [5.74, 6) is -2.86. The van der Waals surface area contributed by atoms with E-state index in [2.05, 4.69) is 20.5 Å². The molecule has 0 radical (unpaired) electrons. The Morgan fingerprint density at radius 2 is 1.80 bits per heavy atom. The maximum Gasteiger partial charge on any atom is 0.406 e. The average Bonchev–Trinajstić information content (AvgIpc) is 3.93. The van der Waals surface area contributed by atoms with Gasteiger partial charge in [-0.25, -0.2) is 23.6 Å². The van der Waals surface area contributed by atoms with Crippen LogP contribution in [0.25, 0.3) is 33.4 Å². The number of nitrogens with one attached hydrogen (secondary N) is 2. The van der Waals surface area contributed by atoms with Crippen molar-refractivity contribution in [1.82, 2.24) is 45.0 Å². The first-order valence-corrected chi connectivity index (χ1v) is 28.3. The number of sulfone groups is 1. The molecule has 2 N–H and O–H groups in total. The van der Waals surface area contributed by atoms with Gasteiger partial charge < -0.3 is 39.0 Å². The van der Waals surface area contributed by atoms with E-state index in [0.717, 1.165) is 31.1 Å². The summed E-state index contributed by atoms with van der Waals surface area (Å²) in [6, 6.07) is 3.24. The van der Waals surface area contributed by atoms with Gasteiger partial charge in [0.15, 0.2) is 0 Å². The van der Waals surface area contributed by atoms with Gasteiger partial charge in [-0.3, -0.25) is 24.4 Å². The lowest BCUT2D eigenvalue weighted by molar-refractivity contribution is -0.155. The highest BCUT2D eigenvalue weighted by molar-refractivity contribution is 7.94. The number of hydrogen-bond donors (Lipinski definition) is 2. The van der Waals surface area contributed by atoms with E-state index >= 15 is 13.2 Å². The Kier molecular flexibility index (Phi) is 16.6. The molecule has 7 heterocycles. The Hall–Kier alpha value is -5.69. The SMILES string of the molecule is CO[C@@H](C)c1ncc(N2CCN(C)CC2)cc1-c1c2c3cc(ccc3n1CC(F)(F)F)-c1csc(n1)C[C@H](NC(=O)[C@H](C(C)C)N(C)C(=O)N1CC(/C=C(\F)S(C)(=O)=O)C1)C(=O)N1CCC[C@H](N1)C(=O)OCC(C)(C)C2. The number of carbonyl (C=O) groups excluding carboxylic acids is 4. The first-order chi connectivity index (χ1) is 35.7. The molecule has 0 aliphatic carbocycles. The summed E-state index contributed by atoms with van der Waals surface area (Å²) in [7, 11) is 0.967. The van der Waals surface area contributed by atoms with Crippen molar-refractivity contribution in [1.29, 1.82) is 0 Å². The number of amides is 4. The Morgan fingerprint density at radius 3 is 2.46 bits per heavy atom. The van der Waals surface area contributed by atoms with E-state index in [1.807, 2.05) is 33.0 Å². The van der Waals surface area contributed by atoms with Gasteiger partial charge in [-0.05, 0) is 69.0 Å². The number of fused-ring (bicyclic) bond motifs is 6. The number of hydrogen-bond acceptors (Lipinski definition) is 14. The number of ether oxygens (including phenoxy) is 2. The van der Waals surface area contributed by atoms with Crippen LogP contribution in [-0.2, 0) is 53.1 Å². The van der Waals surface area contributed by atoms with Crippen molar-refractivity contribution >= 4 is 61.6 Å². The number of halogens is 4. The molecule has 0 unspecified atom stereocenters. The minimum Gasteiger partial charge on any atom is -0.464 e. The van der Waals surface area contributed by atoms with Gasteiger partial charge in [0, 0.05) is 111 Å². The predicted octanol–water partition coefficient (Wildman–Crippen LogP) is 6.36. The maximum atomic E-state index is 15.0. The largest absolute Gasteiger partial charge is 0.464 e. The fourth-order valence-electron chi connectivity index (χ4n) is 10.5. The van der Waals surface area contributed by atoms with Gasteiger partial charge in [0.1, 0.15) is 24.7 Å². The molecule has 8 rings (SSSR count). The van der Waals surface area contributed by atoms with Gasteiger partial charge in [0.05, 0.1) is 46.7 Å². The lowest BCUT2D eigenvalue weighted by Crippen LogP contribution is -2.63. The molecule has 4 aromatic rings. The molecule has 0 spiro atoms.